The summed E-state index contributed by atoms with van der Waals surface area (Å²) in [4.78, 5) is 9.38. The van der Waals surface area contributed by atoms with Crippen molar-refractivity contribution in [1.82, 2.24) is 14.8 Å². The Morgan fingerprint density at radius 2 is 1.86 bits per heavy atom. The summed E-state index contributed by atoms with van der Waals surface area (Å²) in [6, 6.07) is 18.2. The Morgan fingerprint density at radius 3 is 2.69 bits per heavy atom. The number of nitrogens with zero attached hydrogens (tertiary/aromatic N) is 3. The Labute approximate surface area is 183 Å². The first-order valence-corrected chi connectivity index (χ1v) is 9.69. The molecule has 0 aliphatic carbocycles. The van der Waals surface area contributed by atoms with Gasteiger partial charge in [0.25, 0.3) is 0 Å². The van der Waals surface area contributed by atoms with E-state index in [-0.39, 0.29) is 30.6 Å². The Hall–Kier alpha value is -1.72. The van der Waals surface area contributed by atoms with Crippen LogP contribution in [0.4, 0.5) is 4.39 Å². The fourth-order valence-corrected chi connectivity index (χ4v) is 5.15. The zero-order valence-corrected chi connectivity index (χ0v) is 18.0. The molecule has 3 nitrogen and oxygen atoms in total. The lowest BCUT2D eigenvalue weighted by Crippen LogP contribution is -2.29. The predicted octanol–water partition coefficient (Wildman–Crippen LogP) is 4.95. The third kappa shape index (κ3) is 4.26. The summed E-state index contributed by atoms with van der Waals surface area (Å²) < 4.78 is 13.7. The number of aromatic nitrogens is 1. The maximum absolute atomic E-state index is 13.7. The third-order valence-corrected chi connectivity index (χ3v) is 6.23. The molecule has 2 aromatic carbocycles. The summed E-state index contributed by atoms with van der Waals surface area (Å²) in [5.74, 6) is 1.09. The van der Waals surface area contributed by atoms with E-state index in [4.69, 9.17) is 0 Å². The van der Waals surface area contributed by atoms with Crippen molar-refractivity contribution in [3.8, 4) is 0 Å². The molecule has 0 amide bonds. The molecular formula is C23H26Cl2FN3. The second-order valence-electron chi connectivity index (χ2n) is 8.09. The van der Waals surface area contributed by atoms with E-state index < -0.39 is 0 Å². The zero-order valence-electron chi connectivity index (χ0n) is 16.4. The average molecular weight is 434 g/mol. The molecule has 3 heterocycles. The lowest BCUT2D eigenvalue weighted by Gasteiger charge is -2.27. The van der Waals surface area contributed by atoms with Crippen molar-refractivity contribution in [2.24, 2.45) is 11.8 Å². The van der Waals surface area contributed by atoms with Gasteiger partial charge in [0.2, 0.25) is 0 Å². The minimum Gasteiger partial charge on any atom is -0.299 e. The highest BCUT2D eigenvalue weighted by molar-refractivity contribution is 5.85. The molecule has 2 fully saturated rings. The molecule has 6 heteroatoms. The SMILES string of the molecule is CN1C[C@H]2CN(Cc3ccc4ncccc4c3)C[C@H]2[C@@H]1c1cccc(F)c1.Cl.Cl. The molecular weight excluding hydrogens is 408 g/mol. The van der Waals surface area contributed by atoms with Crippen molar-refractivity contribution in [2.75, 3.05) is 26.7 Å². The molecule has 0 spiro atoms. The van der Waals surface area contributed by atoms with E-state index in [0.717, 1.165) is 37.3 Å². The molecule has 3 aromatic rings. The van der Waals surface area contributed by atoms with Gasteiger partial charge in [0.05, 0.1) is 5.52 Å². The van der Waals surface area contributed by atoms with Crippen LogP contribution in [-0.4, -0.2) is 41.5 Å². The van der Waals surface area contributed by atoms with Gasteiger partial charge < -0.3 is 0 Å². The maximum atomic E-state index is 13.7. The monoisotopic (exact) mass is 433 g/mol. The molecule has 3 atom stereocenters. The number of fused-ring (bicyclic) bond motifs is 2. The summed E-state index contributed by atoms with van der Waals surface area (Å²) in [6.07, 6.45) is 1.84. The topological polar surface area (TPSA) is 19.4 Å². The van der Waals surface area contributed by atoms with Crippen molar-refractivity contribution >= 4 is 35.7 Å². The Bertz CT molecular complexity index is 983. The highest BCUT2D eigenvalue weighted by Crippen LogP contribution is 2.44. The van der Waals surface area contributed by atoms with Crippen LogP contribution in [0, 0.1) is 17.7 Å². The maximum Gasteiger partial charge on any atom is 0.123 e. The molecule has 2 aliphatic rings. The number of hydrogen-bond acceptors (Lipinski definition) is 3. The van der Waals surface area contributed by atoms with Gasteiger partial charge in [-0.2, -0.15) is 0 Å². The number of benzene rings is 2. The Morgan fingerprint density at radius 1 is 1.00 bits per heavy atom. The lowest BCUT2D eigenvalue weighted by molar-refractivity contribution is 0.224. The van der Waals surface area contributed by atoms with E-state index in [0.29, 0.717) is 17.9 Å². The van der Waals surface area contributed by atoms with Crippen LogP contribution in [0.2, 0.25) is 0 Å². The van der Waals surface area contributed by atoms with Crippen LogP contribution < -0.4 is 0 Å². The van der Waals surface area contributed by atoms with Gasteiger partial charge in [-0.05, 0) is 60.3 Å². The predicted molar refractivity (Wildman–Crippen MR) is 120 cm³/mol. The van der Waals surface area contributed by atoms with Crippen molar-refractivity contribution in [2.45, 2.75) is 12.6 Å². The standard InChI is InChI=1S/C23H24FN3.2ClH/c1-26-13-19-14-27(12-16-7-8-22-17(10-16)5-3-9-25-22)15-21(19)23(26)18-4-2-6-20(24)11-18;;/h2-11,19,21,23H,12-15H2,1H3;2*1H/t19-,21+,23-;;/m0../s1. The van der Waals surface area contributed by atoms with E-state index >= 15 is 0 Å². The van der Waals surface area contributed by atoms with Gasteiger partial charge in [-0.3, -0.25) is 14.8 Å². The van der Waals surface area contributed by atoms with Gasteiger partial charge >= 0.3 is 0 Å². The fraction of sp³-hybridized carbons (Fsp3) is 0.348. The number of halogens is 3. The summed E-state index contributed by atoms with van der Waals surface area (Å²) in [5.41, 5.74) is 3.50. The molecule has 0 N–H and O–H groups in total. The second kappa shape index (κ2) is 8.97. The molecule has 5 rings (SSSR count). The smallest absolute Gasteiger partial charge is 0.123 e. The molecule has 1 aromatic heterocycles. The van der Waals surface area contributed by atoms with Crippen molar-refractivity contribution in [3.63, 3.8) is 0 Å². The van der Waals surface area contributed by atoms with E-state index in [1.165, 1.54) is 17.0 Å². The molecule has 2 aliphatic heterocycles. The molecule has 154 valence electrons. The van der Waals surface area contributed by atoms with Gasteiger partial charge in [-0.15, -0.1) is 24.8 Å². The third-order valence-electron chi connectivity index (χ3n) is 6.23. The first-order chi connectivity index (χ1) is 13.2. The minimum atomic E-state index is -0.135. The van der Waals surface area contributed by atoms with Gasteiger partial charge in [-0.1, -0.05) is 24.3 Å². The largest absolute Gasteiger partial charge is 0.299 e. The van der Waals surface area contributed by atoms with Crippen LogP contribution in [0.1, 0.15) is 17.2 Å². The van der Waals surface area contributed by atoms with E-state index in [2.05, 4.69) is 52.2 Å². The van der Waals surface area contributed by atoms with Crippen LogP contribution >= 0.6 is 24.8 Å². The lowest BCUT2D eigenvalue weighted by atomic mass is 9.89. The zero-order chi connectivity index (χ0) is 18.4. The minimum absolute atomic E-state index is 0. The highest BCUT2D eigenvalue weighted by Gasteiger charge is 2.45. The highest BCUT2D eigenvalue weighted by atomic mass is 35.5. The molecule has 0 radical (unpaired) electrons. The molecule has 0 bridgehead atoms. The number of likely N-dealkylation sites (tertiary alicyclic amines) is 2. The van der Waals surface area contributed by atoms with Gasteiger partial charge in [0.1, 0.15) is 5.82 Å². The quantitative estimate of drug-likeness (QED) is 0.582. The van der Waals surface area contributed by atoms with Crippen LogP contribution in [0.25, 0.3) is 10.9 Å². The summed E-state index contributed by atoms with van der Waals surface area (Å²) in [7, 11) is 2.18. The van der Waals surface area contributed by atoms with Crippen molar-refractivity contribution < 1.29 is 4.39 Å². The van der Waals surface area contributed by atoms with Crippen molar-refractivity contribution in [3.05, 3.63) is 77.7 Å². The Balaban J connectivity index is 0.00000120. The van der Waals surface area contributed by atoms with E-state index in [1.807, 2.05) is 18.3 Å². The fourth-order valence-electron chi connectivity index (χ4n) is 5.15. The van der Waals surface area contributed by atoms with Gasteiger partial charge in [0, 0.05) is 43.8 Å². The van der Waals surface area contributed by atoms with Crippen LogP contribution in [-0.2, 0) is 6.54 Å². The molecule has 2 saturated heterocycles. The number of pyridine rings is 1. The van der Waals surface area contributed by atoms with Crippen LogP contribution in [0.5, 0.6) is 0 Å². The van der Waals surface area contributed by atoms with E-state index in [1.54, 1.807) is 6.07 Å². The normalized spacial score (nSPS) is 24.1. The molecule has 0 saturated carbocycles. The van der Waals surface area contributed by atoms with Crippen LogP contribution in [0.15, 0.2) is 60.8 Å². The summed E-state index contributed by atoms with van der Waals surface area (Å²) >= 11 is 0. The molecule has 29 heavy (non-hydrogen) atoms. The van der Waals surface area contributed by atoms with Gasteiger partial charge in [-0.25, -0.2) is 4.39 Å². The second-order valence-corrected chi connectivity index (χ2v) is 8.09. The average Bonchev–Trinajstić information content (AvgIpc) is 3.17. The first-order valence-electron chi connectivity index (χ1n) is 9.69. The number of hydrogen-bond donors (Lipinski definition) is 0. The van der Waals surface area contributed by atoms with Crippen LogP contribution in [0.3, 0.4) is 0 Å². The Kier molecular flexibility index (Phi) is 6.79. The summed E-state index contributed by atoms with van der Waals surface area (Å²) in [5, 5.41) is 1.20. The number of rotatable bonds is 3. The summed E-state index contributed by atoms with van der Waals surface area (Å²) in [6.45, 7) is 4.24. The van der Waals surface area contributed by atoms with Gasteiger partial charge in [0.15, 0.2) is 0 Å². The van der Waals surface area contributed by atoms with E-state index in [9.17, 15) is 4.39 Å². The first kappa shape index (κ1) is 22.0. The molecule has 0 unspecified atom stereocenters. The van der Waals surface area contributed by atoms with Crippen molar-refractivity contribution in [1.29, 1.82) is 0 Å².